The van der Waals surface area contributed by atoms with E-state index in [1.165, 1.54) is 5.56 Å². The van der Waals surface area contributed by atoms with Gasteiger partial charge in [-0.05, 0) is 37.5 Å². The Morgan fingerprint density at radius 1 is 1.25 bits per heavy atom. The van der Waals surface area contributed by atoms with Crippen LogP contribution in [0.1, 0.15) is 30.9 Å². The van der Waals surface area contributed by atoms with E-state index < -0.39 is 0 Å². The van der Waals surface area contributed by atoms with Gasteiger partial charge in [0.2, 0.25) is 5.91 Å². The highest BCUT2D eigenvalue weighted by atomic mass is 16.5. The van der Waals surface area contributed by atoms with E-state index in [0.717, 1.165) is 45.6 Å². The fraction of sp³-hybridized carbons (Fsp3) is 0.579. The molecule has 3 rings (SSSR count). The van der Waals surface area contributed by atoms with Gasteiger partial charge in [0.05, 0.1) is 23.7 Å². The second kappa shape index (κ2) is 7.78. The van der Waals surface area contributed by atoms with Gasteiger partial charge in [-0.2, -0.15) is 5.26 Å². The fourth-order valence-corrected chi connectivity index (χ4v) is 3.36. The molecule has 0 radical (unpaired) electrons. The van der Waals surface area contributed by atoms with Crippen LogP contribution >= 0.6 is 0 Å². The number of nitrogens with zero attached hydrogens (tertiary/aromatic N) is 3. The minimum atomic E-state index is 0.0926. The number of benzene rings is 1. The van der Waals surface area contributed by atoms with E-state index in [1.807, 2.05) is 36.1 Å². The lowest BCUT2D eigenvalue weighted by atomic mass is 10.1. The van der Waals surface area contributed by atoms with Crippen molar-refractivity contribution in [2.75, 3.05) is 32.8 Å². The van der Waals surface area contributed by atoms with Crippen LogP contribution in [0.25, 0.3) is 0 Å². The molecule has 1 aliphatic heterocycles. The van der Waals surface area contributed by atoms with E-state index in [0.29, 0.717) is 12.2 Å². The standard InChI is InChI=1S/C19H25N3O2/c1-2-24-18-12-17(18)19(23)22-9-3-8-21(10-11-22)14-16-6-4-15(13-20)5-7-16/h4-7,17-18H,2-3,8-12,14H2,1H3/t17-,18+/m0/s1. The van der Waals surface area contributed by atoms with Crippen LogP contribution in [0, 0.1) is 17.2 Å². The van der Waals surface area contributed by atoms with Gasteiger partial charge < -0.3 is 9.64 Å². The zero-order chi connectivity index (χ0) is 16.9. The highest BCUT2D eigenvalue weighted by molar-refractivity contribution is 5.82. The third-order valence-electron chi connectivity index (χ3n) is 4.82. The number of nitriles is 1. The largest absolute Gasteiger partial charge is 0.378 e. The summed E-state index contributed by atoms with van der Waals surface area (Å²) < 4.78 is 5.55. The Labute approximate surface area is 143 Å². The molecule has 2 atom stereocenters. The van der Waals surface area contributed by atoms with Crippen molar-refractivity contribution in [2.24, 2.45) is 5.92 Å². The van der Waals surface area contributed by atoms with Crippen LogP contribution in [0.15, 0.2) is 24.3 Å². The number of amides is 1. The average molecular weight is 327 g/mol. The predicted octanol–water partition coefficient (Wildman–Crippen LogP) is 2.02. The summed E-state index contributed by atoms with van der Waals surface area (Å²) in [4.78, 5) is 16.9. The second-order valence-electron chi connectivity index (χ2n) is 6.60. The van der Waals surface area contributed by atoms with E-state index in [4.69, 9.17) is 10.00 Å². The lowest BCUT2D eigenvalue weighted by molar-refractivity contribution is -0.133. The van der Waals surface area contributed by atoms with Crippen molar-refractivity contribution in [1.29, 1.82) is 5.26 Å². The predicted molar refractivity (Wildman–Crippen MR) is 91.2 cm³/mol. The van der Waals surface area contributed by atoms with Crippen molar-refractivity contribution < 1.29 is 9.53 Å². The van der Waals surface area contributed by atoms with Crippen LogP contribution in [0.2, 0.25) is 0 Å². The second-order valence-corrected chi connectivity index (χ2v) is 6.60. The van der Waals surface area contributed by atoms with Crippen LogP contribution in [-0.2, 0) is 16.1 Å². The summed E-state index contributed by atoms with van der Waals surface area (Å²) in [6, 6.07) is 9.91. The summed E-state index contributed by atoms with van der Waals surface area (Å²) in [5.74, 6) is 0.365. The molecule has 1 saturated carbocycles. The maximum atomic E-state index is 12.5. The van der Waals surface area contributed by atoms with E-state index in [1.54, 1.807) is 0 Å². The topological polar surface area (TPSA) is 56.6 Å². The molecule has 1 aliphatic carbocycles. The summed E-state index contributed by atoms with van der Waals surface area (Å²) in [5.41, 5.74) is 1.91. The van der Waals surface area contributed by atoms with Gasteiger partial charge >= 0.3 is 0 Å². The van der Waals surface area contributed by atoms with E-state index in [-0.39, 0.29) is 17.9 Å². The van der Waals surface area contributed by atoms with Gasteiger partial charge in [0.1, 0.15) is 0 Å². The quantitative estimate of drug-likeness (QED) is 0.830. The zero-order valence-electron chi connectivity index (χ0n) is 14.3. The van der Waals surface area contributed by atoms with Crippen molar-refractivity contribution in [3.8, 4) is 6.07 Å². The Bertz CT molecular complexity index is 608. The number of hydrogen-bond acceptors (Lipinski definition) is 4. The lowest BCUT2D eigenvalue weighted by Gasteiger charge is -2.22. The molecule has 0 N–H and O–H groups in total. The molecular formula is C19H25N3O2. The van der Waals surface area contributed by atoms with Crippen LogP contribution in [0.3, 0.4) is 0 Å². The van der Waals surface area contributed by atoms with Crippen LogP contribution in [0.4, 0.5) is 0 Å². The Hall–Kier alpha value is -1.90. The van der Waals surface area contributed by atoms with Crippen molar-refractivity contribution in [3.05, 3.63) is 35.4 Å². The molecule has 0 bridgehead atoms. The van der Waals surface area contributed by atoms with Gasteiger partial charge in [-0.3, -0.25) is 9.69 Å². The van der Waals surface area contributed by atoms with Crippen molar-refractivity contribution in [3.63, 3.8) is 0 Å². The highest BCUT2D eigenvalue weighted by Gasteiger charge is 2.45. The smallest absolute Gasteiger partial charge is 0.228 e. The molecule has 0 spiro atoms. The molecule has 128 valence electrons. The van der Waals surface area contributed by atoms with Crippen molar-refractivity contribution in [2.45, 2.75) is 32.4 Å². The Balaban J connectivity index is 1.50. The molecular weight excluding hydrogens is 302 g/mol. The Morgan fingerprint density at radius 3 is 2.75 bits per heavy atom. The number of hydrogen-bond donors (Lipinski definition) is 0. The van der Waals surface area contributed by atoms with E-state index >= 15 is 0 Å². The van der Waals surface area contributed by atoms with E-state index in [9.17, 15) is 4.79 Å². The molecule has 0 aromatic heterocycles. The third-order valence-corrected chi connectivity index (χ3v) is 4.82. The number of carbonyl (C=O) groups is 1. The minimum absolute atomic E-state index is 0.0926. The van der Waals surface area contributed by atoms with Crippen molar-refractivity contribution >= 4 is 5.91 Å². The zero-order valence-corrected chi connectivity index (χ0v) is 14.3. The first kappa shape index (κ1) is 16.9. The van der Waals surface area contributed by atoms with Gasteiger partial charge in [-0.25, -0.2) is 0 Å². The monoisotopic (exact) mass is 327 g/mol. The molecule has 5 heteroatoms. The van der Waals surface area contributed by atoms with Gasteiger partial charge in [0.25, 0.3) is 0 Å². The first-order chi connectivity index (χ1) is 11.7. The SMILES string of the molecule is CCO[C@@H]1C[C@@H]1C(=O)N1CCCN(Cc2ccc(C#N)cc2)CC1. The fourth-order valence-electron chi connectivity index (χ4n) is 3.36. The minimum Gasteiger partial charge on any atom is -0.378 e. The summed E-state index contributed by atoms with van der Waals surface area (Å²) in [6.07, 6.45) is 2.05. The maximum Gasteiger partial charge on any atom is 0.228 e. The molecule has 24 heavy (non-hydrogen) atoms. The molecule has 1 heterocycles. The number of carbonyl (C=O) groups excluding carboxylic acids is 1. The van der Waals surface area contributed by atoms with Crippen LogP contribution in [-0.4, -0.2) is 54.6 Å². The normalized spacial score (nSPS) is 24.2. The summed E-state index contributed by atoms with van der Waals surface area (Å²) in [6.45, 7) is 7.09. The van der Waals surface area contributed by atoms with Gasteiger partial charge in [0, 0.05) is 39.3 Å². The van der Waals surface area contributed by atoms with Gasteiger partial charge in [-0.1, -0.05) is 12.1 Å². The average Bonchev–Trinajstić information content (AvgIpc) is 3.39. The molecule has 1 saturated heterocycles. The molecule has 0 unspecified atom stereocenters. The van der Waals surface area contributed by atoms with E-state index in [2.05, 4.69) is 11.0 Å². The molecule has 1 aromatic carbocycles. The van der Waals surface area contributed by atoms with Gasteiger partial charge in [-0.15, -0.1) is 0 Å². The number of ether oxygens (including phenoxy) is 1. The van der Waals surface area contributed by atoms with Crippen LogP contribution < -0.4 is 0 Å². The molecule has 5 nitrogen and oxygen atoms in total. The maximum absolute atomic E-state index is 12.5. The Kier molecular flexibility index (Phi) is 5.49. The first-order valence-electron chi connectivity index (χ1n) is 8.83. The third kappa shape index (κ3) is 4.14. The lowest BCUT2D eigenvalue weighted by Crippen LogP contribution is -2.36. The Morgan fingerprint density at radius 2 is 2.04 bits per heavy atom. The van der Waals surface area contributed by atoms with Crippen molar-refractivity contribution in [1.82, 2.24) is 9.80 Å². The number of rotatable bonds is 5. The van der Waals surface area contributed by atoms with Gasteiger partial charge in [0.15, 0.2) is 0 Å². The molecule has 2 fully saturated rings. The first-order valence-corrected chi connectivity index (χ1v) is 8.83. The summed E-state index contributed by atoms with van der Waals surface area (Å²) in [5, 5.41) is 8.86. The molecule has 2 aliphatic rings. The molecule has 1 aromatic rings. The highest BCUT2D eigenvalue weighted by Crippen LogP contribution is 2.35. The molecule has 1 amide bonds. The van der Waals surface area contributed by atoms with Crippen LogP contribution in [0.5, 0.6) is 0 Å². The summed E-state index contributed by atoms with van der Waals surface area (Å²) >= 11 is 0. The summed E-state index contributed by atoms with van der Waals surface area (Å²) in [7, 11) is 0.